The van der Waals surface area contributed by atoms with Gasteiger partial charge >= 0.3 is 11.9 Å². The van der Waals surface area contributed by atoms with Gasteiger partial charge < -0.3 is 34.4 Å². The van der Waals surface area contributed by atoms with Gasteiger partial charge in [-0.2, -0.15) is 0 Å². The first-order valence-electron chi connectivity index (χ1n) is 23.2. The van der Waals surface area contributed by atoms with Crippen molar-refractivity contribution in [1.82, 2.24) is 19.8 Å². The number of thioether (sulfide) groups is 1. The lowest BCUT2D eigenvalue weighted by Gasteiger charge is -2.49. The van der Waals surface area contributed by atoms with E-state index in [2.05, 4.69) is 15.8 Å². The topological polar surface area (TPSA) is 174 Å². The molecule has 2 amide bonds. The zero-order valence-corrected chi connectivity index (χ0v) is 41.4. The van der Waals surface area contributed by atoms with Crippen molar-refractivity contribution >= 4 is 74.3 Å². The zero-order valence-electron chi connectivity index (χ0n) is 39.8. The zero-order chi connectivity index (χ0) is 50.0. The third kappa shape index (κ3) is 9.53. The molecule has 2 saturated heterocycles. The number of carbonyl (C=O) groups is 4. The summed E-state index contributed by atoms with van der Waals surface area (Å²) in [5.74, 6) is -3.40. The van der Waals surface area contributed by atoms with E-state index in [4.69, 9.17) is 19.3 Å². The highest BCUT2D eigenvalue weighted by atomic mass is 32.2. The van der Waals surface area contributed by atoms with Gasteiger partial charge in [-0.05, 0) is 69.4 Å². The number of pyridine rings is 1. The van der Waals surface area contributed by atoms with Gasteiger partial charge in [-0.1, -0.05) is 96.2 Å². The van der Waals surface area contributed by atoms with Gasteiger partial charge in [0, 0.05) is 47.8 Å². The largest absolute Gasteiger partial charge is 0.456 e. The molecule has 2 atom stereocenters. The summed E-state index contributed by atoms with van der Waals surface area (Å²) >= 11 is 2.52. The van der Waals surface area contributed by atoms with Gasteiger partial charge in [-0.3, -0.25) is 19.3 Å². The third-order valence-corrected chi connectivity index (χ3v) is 14.6. The van der Waals surface area contributed by atoms with E-state index in [0.717, 1.165) is 35.6 Å². The monoisotopic (exact) mass is 997 g/mol. The van der Waals surface area contributed by atoms with Crippen LogP contribution in [0.1, 0.15) is 73.4 Å². The van der Waals surface area contributed by atoms with Gasteiger partial charge in [0.25, 0.3) is 11.8 Å². The summed E-state index contributed by atoms with van der Waals surface area (Å²) in [6.45, 7) is 8.07. The Morgan fingerprint density at radius 2 is 1.49 bits per heavy atom. The van der Waals surface area contributed by atoms with Gasteiger partial charge in [-0.25, -0.2) is 19.0 Å². The summed E-state index contributed by atoms with van der Waals surface area (Å²) in [5, 5.41) is 12.1. The molecule has 6 aromatic rings. The number of nitrogens with one attached hydrogen (secondary N) is 2. The van der Waals surface area contributed by atoms with Crippen molar-refractivity contribution in [3.05, 3.63) is 170 Å². The second kappa shape index (κ2) is 20.2. The summed E-state index contributed by atoms with van der Waals surface area (Å²) in [4.78, 5) is 82.8. The fraction of sp³-hybridized carbons (Fsp3) is 0.302. The Hall–Kier alpha value is -7.31. The summed E-state index contributed by atoms with van der Waals surface area (Å²) < 4.78 is 28.5. The minimum Gasteiger partial charge on any atom is -0.456 e. The van der Waals surface area contributed by atoms with Gasteiger partial charge in [0.1, 0.15) is 59.2 Å². The molecule has 2 aromatic heterocycles. The van der Waals surface area contributed by atoms with Crippen molar-refractivity contribution in [2.45, 2.75) is 69.6 Å². The maximum absolute atomic E-state index is 15.3. The Morgan fingerprint density at radius 1 is 0.873 bits per heavy atom. The first-order chi connectivity index (χ1) is 34.2. The minimum atomic E-state index is -1.10. The number of β-lactam (4-membered cyclic amide) rings is 1. The average molecular weight is 998 g/mol. The standard InChI is InChI=1S/C53H52FN7O8S2/c1-6-60-39-27-40(59-24-16-17-25-59)37(54)26-36(39)42(62)28-41(60)49(65)68-29-32-30-70-48-44(47(64)61(48)45(32)50(66)69-52(2,3)4)56-46(63)43(58-67-5)38-31-71-51(55-38)57-53(33-18-10-7-11-19-33,34-20-12-8-13-21-34)35-22-14-9-15-23-35/h7-15,18-23,26-28,31,44,48H,6,16-17,24-25,29-30H2,1-5H3,(H,55,57)(H,56,63)/b58-43-/t44-,48-/m1/s1. The Labute approximate surface area is 417 Å². The van der Waals surface area contributed by atoms with Crippen LogP contribution in [0.3, 0.4) is 0 Å². The predicted molar refractivity (Wildman–Crippen MR) is 272 cm³/mol. The van der Waals surface area contributed by atoms with Crippen LogP contribution in [0.15, 0.2) is 136 Å². The molecule has 0 saturated carbocycles. The van der Waals surface area contributed by atoms with Gasteiger partial charge in [0.15, 0.2) is 16.3 Å². The van der Waals surface area contributed by atoms with Crippen LogP contribution < -0.4 is 21.0 Å². The number of oxime groups is 1. The highest BCUT2D eigenvalue weighted by molar-refractivity contribution is 8.00. The number of fused-ring (bicyclic) bond motifs is 2. The molecule has 0 spiro atoms. The average Bonchev–Trinajstić information content (AvgIpc) is 4.09. The van der Waals surface area contributed by atoms with Crippen molar-refractivity contribution in [2.24, 2.45) is 5.16 Å². The van der Waals surface area contributed by atoms with Crippen LogP contribution in [0.5, 0.6) is 0 Å². The number of carbonyl (C=O) groups excluding carboxylic acids is 4. The highest BCUT2D eigenvalue weighted by Gasteiger charge is 2.55. The first kappa shape index (κ1) is 48.7. The predicted octanol–water partition coefficient (Wildman–Crippen LogP) is 7.82. The first-order valence-corrected chi connectivity index (χ1v) is 25.2. The third-order valence-electron chi connectivity index (χ3n) is 12.5. The molecule has 0 unspecified atom stereocenters. The van der Waals surface area contributed by atoms with E-state index < -0.39 is 64.2 Å². The normalized spacial score (nSPS) is 17.2. The fourth-order valence-electron chi connectivity index (χ4n) is 9.31. The molecule has 4 aromatic carbocycles. The number of hydrogen-bond acceptors (Lipinski definition) is 14. The molecule has 0 aliphatic carbocycles. The number of aryl methyl sites for hydroxylation is 1. The molecular formula is C53H52FN7O8S2. The molecule has 366 valence electrons. The van der Waals surface area contributed by atoms with Crippen LogP contribution in [-0.4, -0.2) is 93.5 Å². The number of rotatable bonds is 15. The number of amides is 2. The van der Waals surface area contributed by atoms with Crippen LogP contribution in [0.25, 0.3) is 10.9 Å². The van der Waals surface area contributed by atoms with E-state index in [-0.39, 0.29) is 40.5 Å². The molecule has 3 aliphatic rings. The van der Waals surface area contributed by atoms with Crippen molar-refractivity contribution in [1.29, 1.82) is 0 Å². The second-order valence-electron chi connectivity index (χ2n) is 18.2. The van der Waals surface area contributed by atoms with E-state index in [1.165, 1.54) is 41.2 Å². The lowest BCUT2D eigenvalue weighted by molar-refractivity contribution is -0.158. The summed E-state index contributed by atoms with van der Waals surface area (Å²) in [6, 6.07) is 32.8. The van der Waals surface area contributed by atoms with Gasteiger partial charge in [0.05, 0.1) is 11.2 Å². The van der Waals surface area contributed by atoms with Crippen molar-refractivity contribution in [3.8, 4) is 0 Å². The molecule has 3 aliphatic heterocycles. The number of benzene rings is 4. The number of ether oxygens (including phenoxy) is 2. The Balaban J connectivity index is 0.957. The number of anilines is 2. The number of esters is 2. The summed E-state index contributed by atoms with van der Waals surface area (Å²) in [7, 11) is 1.30. The summed E-state index contributed by atoms with van der Waals surface area (Å²) in [5.41, 5.74) is 1.35. The molecule has 9 rings (SSSR count). The maximum atomic E-state index is 15.3. The second-order valence-corrected chi connectivity index (χ2v) is 20.1. The lowest BCUT2D eigenvalue weighted by atomic mass is 9.77. The highest BCUT2D eigenvalue weighted by Crippen LogP contribution is 2.43. The molecular weight excluding hydrogens is 946 g/mol. The van der Waals surface area contributed by atoms with Crippen LogP contribution in [-0.2, 0) is 40.8 Å². The van der Waals surface area contributed by atoms with Crippen LogP contribution in [0, 0.1) is 5.82 Å². The van der Waals surface area contributed by atoms with E-state index in [1.807, 2.05) is 95.9 Å². The van der Waals surface area contributed by atoms with Crippen molar-refractivity contribution in [2.75, 3.05) is 42.8 Å². The molecule has 5 heterocycles. The number of thiazole rings is 1. The SMILES string of the molecule is CCn1c(C(=O)OCC2=C(C(=O)OC(C)(C)C)N3C(=O)[C@@H](NC(=O)/C(=N\OC)c4csc(NC(c5ccccc5)(c5ccccc5)c5ccccc5)n4)[C@H]3SC2)cc(=O)c2cc(F)c(N3CCCC3)cc21. The molecule has 71 heavy (non-hydrogen) atoms. The Kier molecular flexibility index (Phi) is 13.9. The quantitative estimate of drug-likeness (QED) is 0.0336. The van der Waals surface area contributed by atoms with Gasteiger partial charge in [-0.15, -0.1) is 23.1 Å². The van der Waals surface area contributed by atoms with Crippen molar-refractivity contribution in [3.63, 3.8) is 0 Å². The summed E-state index contributed by atoms with van der Waals surface area (Å²) in [6.07, 6.45) is 1.84. The Bertz CT molecular complexity index is 3040. The number of aromatic nitrogens is 2. The maximum Gasteiger partial charge on any atom is 0.355 e. The van der Waals surface area contributed by atoms with Crippen LogP contribution >= 0.6 is 23.1 Å². The molecule has 0 radical (unpaired) electrons. The van der Waals surface area contributed by atoms with E-state index in [9.17, 15) is 24.0 Å². The molecule has 2 fully saturated rings. The van der Waals surface area contributed by atoms with Crippen molar-refractivity contribution < 1.29 is 37.9 Å². The number of hydrogen-bond donors (Lipinski definition) is 2. The van der Waals surface area contributed by atoms with E-state index in [0.29, 0.717) is 35.0 Å². The Morgan fingerprint density at radius 3 is 2.07 bits per heavy atom. The molecule has 18 heteroatoms. The van der Waals surface area contributed by atoms with E-state index in [1.54, 1.807) is 43.7 Å². The smallest absolute Gasteiger partial charge is 0.355 e. The van der Waals surface area contributed by atoms with Crippen LogP contribution in [0.2, 0.25) is 0 Å². The molecule has 15 nitrogen and oxygen atoms in total. The minimum absolute atomic E-state index is 0.0491. The number of nitrogens with zero attached hydrogens (tertiary/aromatic N) is 5. The molecule has 2 N–H and O–H groups in total. The van der Waals surface area contributed by atoms with E-state index >= 15 is 4.39 Å². The molecule has 0 bridgehead atoms. The number of halogens is 1. The lowest BCUT2D eigenvalue weighted by Crippen LogP contribution is -2.71. The van der Waals surface area contributed by atoms with Gasteiger partial charge in [0.2, 0.25) is 0 Å². The fourth-order valence-corrected chi connectivity index (χ4v) is 11.4. The van der Waals surface area contributed by atoms with Crippen LogP contribution in [0.4, 0.5) is 15.2 Å².